The smallest absolute Gasteiger partial charge is 0.0852 e. The monoisotopic (exact) mass is 191 g/mol. The van der Waals surface area contributed by atoms with Crippen LogP contribution in [0.5, 0.6) is 0 Å². The molecule has 0 aliphatic rings. The Morgan fingerprint density at radius 1 is 1.29 bits per heavy atom. The summed E-state index contributed by atoms with van der Waals surface area (Å²) in [7, 11) is 0. The molecule has 0 fully saturated rings. The van der Waals surface area contributed by atoms with E-state index in [4.69, 9.17) is 5.73 Å². The van der Waals surface area contributed by atoms with Gasteiger partial charge < -0.3 is 5.73 Å². The van der Waals surface area contributed by atoms with Gasteiger partial charge in [0, 0.05) is 6.04 Å². The molecule has 0 saturated heterocycles. The van der Waals surface area contributed by atoms with Crippen LogP contribution in [0, 0.1) is 0 Å². The topological polar surface area (TPSA) is 50.7 Å². The quantitative estimate of drug-likeness (QED) is 0.715. The molecule has 1 unspecified atom stereocenters. The van der Waals surface area contributed by atoms with Crippen LogP contribution in [0.3, 0.4) is 0 Å². The van der Waals surface area contributed by atoms with E-state index in [1.807, 2.05) is 30.3 Å². The molecule has 3 nitrogen and oxygen atoms in total. The fraction of sp³-hybridized carbons (Fsp3) is 0.455. The Kier molecular flexibility index (Phi) is 4.86. The van der Waals surface area contributed by atoms with E-state index in [1.54, 1.807) is 0 Å². The molecule has 76 valence electrons. The highest BCUT2D eigenvalue weighted by molar-refractivity contribution is 5.34. The lowest BCUT2D eigenvalue weighted by atomic mass is 10.2. The first kappa shape index (κ1) is 10.9. The van der Waals surface area contributed by atoms with Crippen LogP contribution in [-0.2, 0) is 0 Å². The van der Waals surface area contributed by atoms with Crippen LogP contribution in [0.15, 0.2) is 40.6 Å². The van der Waals surface area contributed by atoms with Crippen molar-refractivity contribution in [2.24, 2.45) is 16.0 Å². The minimum Gasteiger partial charge on any atom is -0.326 e. The minimum absolute atomic E-state index is 0.146. The second-order valence-electron chi connectivity index (χ2n) is 3.31. The highest BCUT2D eigenvalue weighted by Gasteiger charge is 1.97. The van der Waals surface area contributed by atoms with Crippen LogP contribution < -0.4 is 5.73 Å². The van der Waals surface area contributed by atoms with Gasteiger partial charge in [-0.15, -0.1) is 0 Å². The van der Waals surface area contributed by atoms with E-state index < -0.39 is 0 Å². The molecule has 3 heteroatoms. The highest BCUT2D eigenvalue weighted by Crippen LogP contribution is 2.10. The van der Waals surface area contributed by atoms with E-state index in [9.17, 15) is 0 Å². The van der Waals surface area contributed by atoms with Gasteiger partial charge in [0.1, 0.15) is 0 Å². The molecule has 2 N–H and O–H groups in total. The average molecular weight is 191 g/mol. The summed E-state index contributed by atoms with van der Waals surface area (Å²) >= 11 is 0. The van der Waals surface area contributed by atoms with Gasteiger partial charge in [-0.05, 0) is 18.6 Å². The average Bonchev–Trinajstić information content (AvgIpc) is 2.20. The molecule has 14 heavy (non-hydrogen) atoms. The molecule has 0 radical (unpaired) electrons. The summed E-state index contributed by atoms with van der Waals surface area (Å²) in [5.74, 6) is 0. The van der Waals surface area contributed by atoms with Gasteiger partial charge in [0.05, 0.1) is 12.2 Å². The molecule has 1 atom stereocenters. The molecule has 0 aromatic heterocycles. The minimum atomic E-state index is 0.146. The molecule has 0 aliphatic carbocycles. The first-order chi connectivity index (χ1) is 6.83. The van der Waals surface area contributed by atoms with Gasteiger partial charge in [-0.25, -0.2) is 0 Å². The molecule has 0 aliphatic heterocycles. The van der Waals surface area contributed by atoms with E-state index in [0.29, 0.717) is 6.54 Å². The Balaban J connectivity index is 2.34. The molecular weight excluding hydrogens is 174 g/mol. The summed E-state index contributed by atoms with van der Waals surface area (Å²) in [5.41, 5.74) is 6.68. The number of azo groups is 1. The van der Waals surface area contributed by atoms with Crippen molar-refractivity contribution < 1.29 is 0 Å². The second kappa shape index (κ2) is 6.27. The van der Waals surface area contributed by atoms with Crippen LogP contribution in [0.2, 0.25) is 0 Å². The van der Waals surface area contributed by atoms with Gasteiger partial charge in [-0.1, -0.05) is 31.5 Å². The zero-order chi connectivity index (χ0) is 10.2. The largest absolute Gasteiger partial charge is 0.326 e. The maximum absolute atomic E-state index is 5.79. The third-order valence-corrected chi connectivity index (χ3v) is 1.92. The van der Waals surface area contributed by atoms with Gasteiger partial charge in [0.25, 0.3) is 0 Å². The molecule has 0 bridgehead atoms. The second-order valence-corrected chi connectivity index (χ2v) is 3.31. The van der Waals surface area contributed by atoms with Gasteiger partial charge in [0.2, 0.25) is 0 Å². The van der Waals surface area contributed by atoms with Crippen molar-refractivity contribution in [1.29, 1.82) is 0 Å². The Labute approximate surface area is 85.0 Å². The van der Waals surface area contributed by atoms with Crippen molar-refractivity contribution >= 4 is 5.69 Å². The molecular formula is C11H17N3. The van der Waals surface area contributed by atoms with E-state index >= 15 is 0 Å². The number of hydrogen-bond acceptors (Lipinski definition) is 3. The van der Waals surface area contributed by atoms with Gasteiger partial charge in [-0.3, -0.25) is 0 Å². The SMILES string of the molecule is CCCC(N)C/N=N/c1ccccc1. The summed E-state index contributed by atoms with van der Waals surface area (Å²) in [5, 5.41) is 8.13. The molecule has 1 rings (SSSR count). The van der Waals surface area contributed by atoms with E-state index in [2.05, 4.69) is 17.2 Å². The number of hydrogen-bond donors (Lipinski definition) is 1. The van der Waals surface area contributed by atoms with E-state index in [1.165, 1.54) is 0 Å². The molecule has 1 aromatic carbocycles. The van der Waals surface area contributed by atoms with Crippen LogP contribution in [0.25, 0.3) is 0 Å². The Morgan fingerprint density at radius 3 is 2.64 bits per heavy atom. The Bertz CT molecular complexity index is 269. The van der Waals surface area contributed by atoms with Crippen LogP contribution in [0.4, 0.5) is 5.69 Å². The summed E-state index contributed by atoms with van der Waals surface area (Å²) in [6.45, 7) is 2.73. The fourth-order valence-electron chi connectivity index (χ4n) is 1.18. The van der Waals surface area contributed by atoms with Crippen molar-refractivity contribution in [3.63, 3.8) is 0 Å². The fourth-order valence-corrected chi connectivity index (χ4v) is 1.18. The van der Waals surface area contributed by atoms with Crippen molar-refractivity contribution in [3.05, 3.63) is 30.3 Å². The highest BCUT2D eigenvalue weighted by atomic mass is 15.1. The molecule has 0 heterocycles. The summed E-state index contributed by atoms with van der Waals surface area (Å²) in [6.07, 6.45) is 2.11. The van der Waals surface area contributed by atoms with Gasteiger partial charge in [-0.2, -0.15) is 10.2 Å². The normalized spacial score (nSPS) is 13.3. The molecule has 1 aromatic rings. The predicted molar refractivity (Wildman–Crippen MR) is 58.7 cm³/mol. The van der Waals surface area contributed by atoms with Crippen molar-refractivity contribution in [2.45, 2.75) is 25.8 Å². The van der Waals surface area contributed by atoms with E-state index in [0.717, 1.165) is 18.5 Å². The lowest BCUT2D eigenvalue weighted by molar-refractivity contribution is 0.603. The first-order valence-corrected chi connectivity index (χ1v) is 5.01. The Hall–Kier alpha value is -1.22. The molecule has 0 spiro atoms. The third-order valence-electron chi connectivity index (χ3n) is 1.92. The molecule has 0 amide bonds. The number of nitrogens with two attached hydrogens (primary N) is 1. The zero-order valence-electron chi connectivity index (χ0n) is 8.56. The van der Waals surface area contributed by atoms with Gasteiger partial charge >= 0.3 is 0 Å². The summed E-state index contributed by atoms with van der Waals surface area (Å²) in [6, 6.07) is 9.85. The first-order valence-electron chi connectivity index (χ1n) is 5.01. The predicted octanol–water partition coefficient (Wildman–Crippen LogP) is 2.90. The summed E-state index contributed by atoms with van der Waals surface area (Å²) in [4.78, 5) is 0. The standard InChI is InChI=1S/C11H17N3/c1-2-6-10(12)9-13-14-11-7-4-3-5-8-11/h3-5,7-8,10H,2,6,9,12H2,1H3/b14-13+. The van der Waals surface area contributed by atoms with Crippen molar-refractivity contribution in [3.8, 4) is 0 Å². The van der Waals surface area contributed by atoms with Gasteiger partial charge in [0.15, 0.2) is 0 Å². The maximum atomic E-state index is 5.79. The lowest BCUT2D eigenvalue weighted by Crippen LogP contribution is -2.22. The lowest BCUT2D eigenvalue weighted by Gasteiger charge is -2.04. The summed E-state index contributed by atoms with van der Waals surface area (Å²) < 4.78 is 0. The van der Waals surface area contributed by atoms with Crippen molar-refractivity contribution in [2.75, 3.05) is 6.54 Å². The maximum Gasteiger partial charge on any atom is 0.0852 e. The number of benzene rings is 1. The number of nitrogens with zero attached hydrogens (tertiary/aromatic N) is 2. The number of rotatable bonds is 5. The van der Waals surface area contributed by atoms with Crippen LogP contribution >= 0.6 is 0 Å². The zero-order valence-corrected chi connectivity index (χ0v) is 8.56. The third kappa shape index (κ3) is 4.14. The van der Waals surface area contributed by atoms with Crippen LogP contribution in [-0.4, -0.2) is 12.6 Å². The van der Waals surface area contributed by atoms with Crippen molar-refractivity contribution in [1.82, 2.24) is 0 Å². The van der Waals surface area contributed by atoms with Crippen LogP contribution in [0.1, 0.15) is 19.8 Å². The Morgan fingerprint density at radius 2 is 2.00 bits per heavy atom. The molecule has 0 saturated carbocycles. The van der Waals surface area contributed by atoms with E-state index in [-0.39, 0.29) is 6.04 Å².